The minimum Gasteiger partial charge on any atom is -0.354 e. The maximum Gasteiger partial charge on any atom is 0.0715 e. The van der Waals surface area contributed by atoms with Crippen LogP contribution < -0.4 is 0 Å². The third-order valence-corrected chi connectivity index (χ3v) is 4.94. The molecule has 2 aromatic rings. The first-order valence-corrected chi connectivity index (χ1v) is 10.5. The van der Waals surface area contributed by atoms with Gasteiger partial charge in [0.2, 0.25) is 0 Å². The predicted molar refractivity (Wildman–Crippen MR) is 130 cm³/mol. The molecule has 0 saturated carbocycles. The van der Waals surface area contributed by atoms with Crippen molar-refractivity contribution in [2.24, 2.45) is 14.1 Å². The van der Waals surface area contributed by atoms with Crippen LogP contribution in [-0.4, -0.2) is 14.3 Å². The fourth-order valence-electron chi connectivity index (χ4n) is 3.66. The van der Waals surface area contributed by atoms with E-state index in [9.17, 15) is 0 Å². The van der Waals surface area contributed by atoms with E-state index < -0.39 is 0 Å². The van der Waals surface area contributed by atoms with Gasteiger partial charge >= 0.3 is 0 Å². The van der Waals surface area contributed by atoms with Gasteiger partial charge in [0.05, 0.1) is 5.69 Å². The summed E-state index contributed by atoms with van der Waals surface area (Å²) in [5.41, 5.74) is 6.25. The second kappa shape index (κ2) is 8.70. The minimum atomic E-state index is 0. The summed E-state index contributed by atoms with van der Waals surface area (Å²) in [4.78, 5) is 0. The Kier molecular flexibility index (Phi) is 8.24. The Bertz CT molecular complexity index is 728. The van der Waals surface area contributed by atoms with E-state index in [1.165, 1.54) is 22.5 Å². The van der Waals surface area contributed by atoms with Gasteiger partial charge in [0.15, 0.2) is 0 Å². The Morgan fingerprint density at radius 3 is 1.38 bits per heavy atom. The molecule has 0 fully saturated rings. The first-order valence-electron chi connectivity index (χ1n) is 10.5. The molecule has 2 heterocycles. The number of aromatic nitrogens is 3. The van der Waals surface area contributed by atoms with E-state index in [2.05, 4.69) is 118 Å². The lowest BCUT2D eigenvalue weighted by Gasteiger charge is -2.28. The Morgan fingerprint density at radius 2 is 1.10 bits per heavy atom. The van der Waals surface area contributed by atoms with Crippen LogP contribution in [0.3, 0.4) is 0 Å². The maximum absolute atomic E-state index is 4.57. The normalized spacial score (nSPS) is 12.9. The van der Waals surface area contributed by atoms with Crippen molar-refractivity contribution in [3.05, 3.63) is 41.0 Å². The quantitative estimate of drug-likeness (QED) is 0.453. The fraction of sp³-hybridized carbons (Fsp3) is 0.731. The molecule has 0 aliphatic carbocycles. The highest BCUT2D eigenvalue weighted by atomic mass is 15.3. The van der Waals surface area contributed by atoms with Crippen molar-refractivity contribution in [3.63, 3.8) is 0 Å². The molecule has 0 radical (unpaired) electrons. The van der Waals surface area contributed by atoms with Crippen LogP contribution in [0.5, 0.6) is 0 Å². The van der Waals surface area contributed by atoms with Crippen LogP contribution in [0.25, 0.3) is 0 Å². The van der Waals surface area contributed by atoms with Gasteiger partial charge in [-0.1, -0.05) is 90.5 Å². The van der Waals surface area contributed by atoms with Crippen molar-refractivity contribution in [2.75, 3.05) is 0 Å². The summed E-state index contributed by atoms with van der Waals surface area (Å²) in [7, 11) is 4.13. The highest BCUT2D eigenvalue weighted by Crippen LogP contribution is 2.34. The maximum atomic E-state index is 4.57. The van der Waals surface area contributed by atoms with E-state index in [0.717, 1.165) is 0 Å². The molecule has 2 aromatic heterocycles. The average Bonchev–Trinajstić information content (AvgIpc) is 3.00. The van der Waals surface area contributed by atoms with Crippen molar-refractivity contribution < 1.29 is 0 Å². The molecule has 3 heteroatoms. The monoisotopic (exact) mass is 403 g/mol. The first kappa shape index (κ1) is 27.5. The summed E-state index contributed by atoms with van der Waals surface area (Å²) in [5.74, 6) is 0. The van der Waals surface area contributed by atoms with Crippen LogP contribution in [0.15, 0.2) is 18.5 Å². The molecule has 0 saturated heterocycles. The molecule has 0 spiro atoms. The molecule has 0 aromatic carbocycles. The smallest absolute Gasteiger partial charge is 0.0715 e. The van der Waals surface area contributed by atoms with Gasteiger partial charge in [0, 0.05) is 43.0 Å². The van der Waals surface area contributed by atoms with Crippen LogP contribution in [0.1, 0.15) is 113 Å². The molecule has 0 atom stereocenters. The van der Waals surface area contributed by atoms with Crippen molar-refractivity contribution in [1.29, 1.82) is 0 Å². The molecule has 0 aliphatic rings. The van der Waals surface area contributed by atoms with E-state index >= 15 is 0 Å². The summed E-state index contributed by atoms with van der Waals surface area (Å²) in [6.07, 6.45) is 4.31. The third-order valence-electron chi connectivity index (χ3n) is 4.94. The van der Waals surface area contributed by atoms with Gasteiger partial charge in [0.25, 0.3) is 0 Å². The zero-order valence-corrected chi connectivity index (χ0v) is 21.1. The van der Waals surface area contributed by atoms with Crippen LogP contribution in [0.2, 0.25) is 0 Å². The van der Waals surface area contributed by atoms with Gasteiger partial charge < -0.3 is 4.57 Å². The van der Waals surface area contributed by atoms with Crippen LogP contribution in [-0.2, 0) is 35.8 Å². The second-order valence-electron chi connectivity index (χ2n) is 12.3. The molecule has 0 amide bonds. The van der Waals surface area contributed by atoms with Crippen molar-refractivity contribution in [1.82, 2.24) is 14.3 Å². The molecule has 0 bridgehead atoms. The molecule has 0 unspecified atom stereocenters. The summed E-state index contributed by atoms with van der Waals surface area (Å²) in [6.45, 7) is 27.0. The summed E-state index contributed by atoms with van der Waals surface area (Å²) < 4.78 is 4.17. The zero-order valence-electron chi connectivity index (χ0n) is 21.1. The number of nitrogens with zero attached hydrogens (tertiary/aromatic N) is 3. The number of hydrogen-bond donors (Lipinski definition) is 0. The van der Waals surface area contributed by atoms with Gasteiger partial charge in [-0.2, -0.15) is 5.10 Å². The number of rotatable bonds is 0. The fourth-order valence-corrected chi connectivity index (χ4v) is 3.66. The topological polar surface area (TPSA) is 22.8 Å². The van der Waals surface area contributed by atoms with E-state index in [4.69, 9.17) is 0 Å². The molecule has 168 valence electrons. The summed E-state index contributed by atoms with van der Waals surface area (Å²) in [6, 6.07) is 2.25. The van der Waals surface area contributed by atoms with E-state index in [1.807, 2.05) is 11.7 Å². The van der Waals surface area contributed by atoms with Crippen molar-refractivity contribution >= 4 is 0 Å². The highest BCUT2D eigenvalue weighted by Gasteiger charge is 2.28. The van der Waals surface area contributed by atoms with Gasteiger partial charge in [-0.3, -0.25) is 4.68 Å². The lowest BCUT2D eigenvalue weighted by atomic mass is 9.79. The number of aryl methyl sites for hydroxylation is 2. The van der Waals surface area contributed by atoms with Gasteiger partial charge in [0.1, 0.15) is 0 Å². The lowest BCUT2D eigenvalue weighted by Crippen LogP contribution is -2.23. The lowest BCUT2D eigenvalue weighted by molar-refractivity contribution is 0.502. The Labute approximate surface area is 181 Å². The van der Waals surface area contributed by atoms with E-state index in [0.29, 0.717) is 0 Å². The molecular weight excluding hydrogens is 354 g/mol. The van der Waals surface area contributed by atoms with Crippen LogP contribution in [0, 0.1) is 0 Å². The molecular formula is C26H49N3. The van der Waals surface area contributed by atoms with Crippen LogP contribution in [0.4, 0.5) is 0 Å². The van der Waals surface area contributed by atoms with Gasteiger partial charge in [-0.05, 0) is 28.0 Å². The molecule has 0 N–H and O–H groups in total. The van der Waals surface area contributed by atoms with Gasteiger partial charge in [-0.15, -0.1) is 0 Å². The molecule has 3 nitrogen and oxygen atoms in total. The highest BCUT2D eigenvalue weighted by molar-refractivity contribution is 5.34. The van der Waals surface area contributed by atoms with E-state index in [1.54, 1.807) is 0 Å². The second-order valence-corrected chi connectivity index (χ2v) is 12.3. The summed E-state index contributed by atoms with van der Waals surface area (Å²) in [5, 5.41) is 4.57. The largest absolute Gasteiger partial charge is 0.354 e. The minimum absolute atomic E-state index is 0. The average molecular weight is 404 g/mol. The molecule has 29 heavy (non-hydrogen) atoms. The Morgan fingerprint density at radius 1 is 0.655 bits per heavy atom. The van der Waals surface area contributed by atoms with Gasteiger partial charge in [-0.25, -0.2) is 0 Å². The zero-order chi connectivity index (χ0) is 22.3. The SMILES string of the molecule is C.Cn1cc(C(C)(C)C)c(C(C)(C)C)n1.Cn1ccc(C(C)(C)C)c1C(C)(C)C. The first-order chi connectivity index (χ1) is 12.3. The molecule has 2 rings (SSSR count). The molecule has 0 aliphatic heterocycles. The van der Waals surface area contributed by atoms with Crippen molar-refractivity contribution in [3.8, 4) is 0 Å². The predicted octanol–water partition coefficient (Wildman–Crippen LogP) is 7.27. The van der Waals surface area contributed by atoms with Crippen molar-refractivity contribution in [2.45, 2.75) is 112 Å². The summed E-state index contributed by atoms with van der Waals surface area (Å²) >= 11 is 0. The van der Waals surface area contributed by atoms with Crippen LogP contribution >= 0.6 is 0 Å². The Balaban J connectivity index is 0.000000523. The standard InChI is InChI=1S/C13H23N.C12H22N2.CH4/c1-12(2,3)10-8-9-14(7)11(10)13(4,5)6;1-11(2,3)9-8-14(7)13-10(9)12(4,5)6;/h8-9H,1-7H3;8H,1-7H3;1H4. The third kappa shape index (κ3) is 7.04. The van der Waals surface area contributed by atoms with E-state index in [-0.39, 0.29) is 29.1 Å². The number of hydrogen-bond acceptors (Lipinski definition) is 1. The Hall–Kier alpha value is -1.51.